The fraction of sp³-hybridized carbons (Fsp3) is 0.909. The minimum atomic E-state index is -0.224. The number of nitrogens with zero attached hydrogens (tertiary/aromatic N) is 1. The minimum Gasteiger partial charge on any atom is -0.392 e. The van der Waals surface area contributed by atoms with Gasteiger partial charge in [-0.15, -0.1) is 0 Å². The third kappa shape index (κ3) is 3.39. The number of aliphatic hydroxyl groups is 1. The fourth-order valence-electron chi connectivity index (χ4n) is 1.65. The van der Waals surface area contributed by atoms with Crippen LogP contribution < -0.4 is 0 Å². The molecule has 1 atom stereocenters. The quantitative estimate of drug-likeness (QED) is 0.739. The molecule has 3 nitrogen and oxygen atoms in total. The van der Waals surface area contributed by atoms with Crippen LogP contribution in [-0.2, 0) is 4.79 Å². The number of hydrogen-bond acceptors (Lipinski definition) is 3. The number of hydrogen-bond donors (Lipinski definition) is 1. The minimum absolute atomic E-state index is 0.181. The van der Waals surface area contributed by atoms with E-state index in [-0.39, 0.29) is 11.5 Å². The molecule has 0 saturated carbocycles. The molecule has 0 aromatic carbocycles. The number of likely N-dealkylation sites (tertiary alicyclic amines) is 1. The zero-order chi connectivity index (χ0) is 10.8. The van der Waals surface area contributed by atoms with E-state index in [0.29, 0.717) is 12.2 Å². The highest BCUT2D eigenvalue weighted by atomic mass is 16.3. The number of carbonyl (C=O) groups is 1. The molecule has 14 heavy (non-hydrogen) atoms. The maximum Gasteiger partial charge on any atom is 0.139 e. The average Bonchev–Trinajstić information content (AvgIpc) is 2.45. The summed E-state index contributed by atoms with van der Waals surface area (Å²) in [7, 11) is 0. The smallest absolute Gasteiger partial charge is 0.139 e. The topological polar surface area (TPSA) is 40.5 Å². The van der Waals surface area contributed by atoms with E-state index in [4.69, 9.17) is 0 Å². The number of Topliss-reactive ketones (excluding diaryl/α,β-unsaturated/α-hetero) is 1. The van der Waals surface area contributed by atoms with Crippen LogP contribution in [0.3, 0.4) is 0 Å². The summed E-state index contributed by atoms with van der Waals surface area (Å²) in [5, 5.41) is 9.30. The molecule has 0 radical (unpaired) electrons. The highest BCUT2D eigenvalue weighted by Crippen LogP contribution is 2.17. The van der Waals surface area contributed by atoms with Gasteiger partial charge in [0.2, 0.25) is 0 Å². The molecule has 0 bridgehead atoms. The van der Waals surface area contributed by atoms with Crippen molar-refractivity contribution in [2.24, 2.45) is 5.41 Å². The third-order valence-corrected chi connectivity index (χ3v) is 2.74. The van der Waals surface area contributed by atoms with Crippen molar-refractivity contribution in [3.05, 3.63) is 0 Å². The van der Waals surface area contributed by atoms with E-state index in [1.807, 2.05) is 20.8 Å². The molecule has 1 heterocycles. The summed E-state index contributed by atoms with van der Waals surface area (Å²) in [5.41, 5.74) is -0.224. The zero-order valence-electron chi connectivity index (χ0n) is 9.42. The van der Waals surface area contributed by atoms with Crippen molar-refractivity contribution in [1.82, 2.24) is 4.90 Å². The van der Waals surface area contributed by atoms with Crippen LogP contribution in [0, 0.1) is 5.41 Å². The van der Waals surface area contributed by atoms with Crippen molar-refractivity contribution in [1.29, 1.82) is 0 Å². The van der Waals surface area contributed by atoms with Gasteiger partial charge in [-0.25, -0.2) is 0 Å². The summed E-state index contributed by atoms with van der Waals surface area (Å²) < 4.78 is 0. The van der Waals surface area contributed by atoms with Crippen molar-refractivity contribution in [3.8, 4) is 0 Å². The van der Waals surface area contributed by atoms with Gasteiger partial charge in [-0.2, -0.15) is 0 Å². The Balaban J connectivity index is 2.24. The lowest BCUT2D eigenvalue weighted by Crippen LogP contribution is -2.28. The monoisotopic (exact) mass is 199 g/mol. The first-order chi connectivity index (χ1) is 6.39. The van der Waals surface area contributed by atoms with E-state index >= 15 is 0 Å². The van der Waals surface area contributed by atoms with Crippen LogP contribution >= 0.6 is 0 Å². The Labute approximate surface area is 86.1 Å². The molecule has 0 aliphatic carbocycles. The molecule has 1 aliphatic heterocycles. The van der Waals surface area contributed by atoms with Gasteiger partial charge >= 0.3 is 0 Å². The van der Waals surface area contributed by atoms with Gasteiger partial charge in [-0.05, 0) is 6.42 Å². The molecular formula is C11H21NO2. The summed E-state index contributed by atoms with van der Waals surface area (Å²) in [6, 6.07) is 0. The van der Waals surface area contributed by atoms with E-state index in [9.17, 15) is 9.90 Å². The Morgan fingerprint density at radius 3 is 2.57 bits per heavy atom. The first kappa shape index (κ1) is 11.7. The lowest BCUT2D eigenvalue weighted by molar-refractivity contribution is -0.126. The van der Waals surface area contributed by atoms with Gasteiger partial charge < -0.3 is 10.0 Å². The van der Waals surface area contributed by atoms with Crippen LogP contribution in [0.25, 0.3) is 0 Å². The molecular weight excluding hydrogens is 178 g/mol. The maximum atomic E-state index is 11.6. The SMILES string of the molecule is CC(C)(C)C(=O)CCN1CCC(O)C1. The molecule has 1 N–H and O–H groups in total. The molecule has 0 amide bonds. The maximum absolute atomic E-state index is 11.6. The Bertz CT molecular complexity index is 208. The van der Waals surface area contributed by atoms with E-state index in [0.717, 1.165) is 26.1 Å². The number of rotatable bonds is 3. The number of ketones is 1. The highest BCUT2D eigenvalue weighted by Gasteiger charge is 2.24. The Morgan fingerprint density at radius 1 is 1.50 bits per heavy atom. The lowest BCUT2D eigenvalue weighted by atomic mass is 9.89. The van der Waals surface area contributed by atoms with Crippen molar-refractivity contribution in [3.63, 3.8) is 0 Å². The fourth-order valence-corrected chi connectivity index (χ4v) is 1.65. The summed E-state index contributed by atoms with van der Waals surface area (Å²) >= 11 is 0. The molecule has 1 fully saturated rings. The number of aliphatic hydroxyl groups excluding tert-OH is 1. The van der Waals surface area contributed by atoms with Crippen molar-refractivity contribution < 1.29 is 9.90 Å². The van der Waals surface area contributed by atoms with Gasteiger partial charge in [0.1, 0.15) is 5.78 Å². The second kappa shape index (κ2) is 4.41. The van der Waals surface area contributed by atoms with Gasteiger partial charge in [0.05, 0.1) is 6.10 Å². The van der Waals surface area contributed by atoms with E-state index < -0.39 is 0 Å². The average molecular weight is 199 g/mol. The standard InChI is InChI=1S/C11H21NO2/c1-11(2,3)10(14)5-7-12-6-4-9(13)8-12/h9,13H,4-8H2,1-3H3. The summed E-state index contributed by atoms with van der Waals surface area (Å²) in [6.07, 6.45) is 1.28. The van der Waals surface area contributed by atoms with Crippen LogP contribution in [-0.4, -0.2) is 41.5 Å². The van der Waals surface area contributed by atoms with E-state index in [1.54, 1.807) is 0 Å². The molecule has 3 heteroatoms. The Morgan fingerprint density at radius 2 is 2.14 bits per heavy atom. The van der Waals surface area contributed by atoms with Crippen LogP contribution in [0.5, 0.6) is 0 Å². The molecule has 1 saturated heterocycles. The molecule has 1 aliphatic rings. The van der Waals surface area contributed by atoms with Crippen LogP contribution in [0.4, 0.5) is 0 Å². The molecule has 0 aromatic heterocycles. The van der Waals surface area contributed by atoms with Crippen molar-refractivity contribution in [2.45, 2.75) is 39.7 Å². The van der Waals surface area contributed by atoms with Gasteiger partial charge in [0.25, 0.3) is 0 Å². The van der Waals surface area contributed by atoms with Gasteiger partial charge in [-0.1, -0.05) is 20.8 Å². The van der Waals surface area contributed by atoms with Crippen molar-refractivity contribution in [2.75, 3.05) is 19.6 Å². The van der Waals surface area contributed by atoms with Crippen LogP contribution in [0.2, 0.25) is 0 Å². The van der Waals surface area contributed by atoms with Gasteiger partial charge in [-0.3, -0.25) is 4.79 Å². The second-order valence-corrected chi connectivity index (χ2v) is 5.17. The van der Waals surface area contributed by atoms with Crippen molar-refractivity contribution >= 4 is 5.78 Å². The lowest BCUT2D eigenvalue weighted by Gasteiger charge is -2.19. The predicted octanol–water partition coefficient (Wildman–Crippen LogP) is 1.06. The Kier molecular flexibility index (Phi) is 3.67. The second-order valence-electron chi connectivity index (χ2n) is 5.17. The van der Waals surface area contributed by atoms with Crippen LogP contribution in [0.1, 0.15) is 33.6 Å². The number of carbonyl (C=O) groups excluding carboxylic acids is 1. The summed E-state index contributed by atoms with van der Waals surface area (Å²) in [6.45, 7) is 8.32. The Hall–Kier alpha value is -0.410. The van der Waals surface area contributed by atoms with E-state index in [2.05, 4.69) is 4.90 Å². The molecule has 82 valence electrons. The molecule has 1 rings (SSSR count). The first-order valence-corrected chi connectivity index (χ1v) is 5.33. The highest BCUT2D eigenvalue weighted by molar-refractivity contribution is 5.83. The largest absolute Gasteiger partial charge is 0.392 e. The normalized spacial score (nSPS) is 24.1. The first-order valence-electron chi connectivity index (χ1n) is 5.33. The molecule has 0 spiro atoms. The zero-order valence-corrected chi connectivity index (χ0v) is 9.42. The predicted molar refractivity (Wildman–Crippen MR) is 56.1 cm³/mol. The summed E-state index contributed by atoms with van der Waals surface area (Å²) in [4.78, 5) is 13.8. The third-order valence-electron chi connectivity index (χ3n) is 2.74. The summed E-state index contributed by atoms with van der Waals surface area (Å²) in [5.74, 6) is 0.305. The molecule has 0 aromatic rings. The van der Waals surface area contributed by atoms with E-state index in [1.165, 1.54) is 0 Å². The van der Waals surface area contributed by atoms with Gasteiger partial charge in [0, 0.05) is 31.5 Å². The van der Waals surface area contributed by atoms with Gasteiger partial charge in [0.15, 0.2) is 0 Å². The number of β-amino-alcohol motifs (C(OH)–C–C–N with tert-alkyl or cyclic N) is 1. The molecule has 1 unspecified atom stereocenters. The van der Waals surface area contributed by atoms with Crippen LogP contribution in [0.15, 0.2) is 0 Å².